The van der Waals surface area contributed by atoms with Crippen LogP contribution in [-0.2, 0) is 4.74 Å². The Bertz CT molecular complexity index is 752. The molecule has 0 aliphatic carbocycles. The SMILES string of the molecule is Cc1nc(Nc2ccc(N3CCN(C)CC3)cc2)cc(N2CCOCC2)n1. The summed E-state index contributed by atoms with van der Waals surface area (Å²) >= 11 is 0. The lowest BCUT2D eigenvalue weighted by molar-refractivity contribution is 0.122. The first-order valence-electron chi connectivity index (χ1n) is 9.66. The molecule has 0 unspecified atom stereocenters. The molecule has 7 nitrogen and oxygen atoms in total. The highest BCUT2D eigenvalue weighted by atomic mass is 16.5. The average Bonchev–Trinajstić information content (AvgIpc) is 2.69. The zero-order valence-corrected chi connectivity index (χ0v) is 16.2. The van der Waals surface area contributed by atoms with Crippen LogP contribution in [0.3, 0.4) is 0 Å². The molecular formula is C20H28N6O. The van der Waals surface area contributed by atoms with Crippen LogP contribution in [-0.4, -0.2) is 74.4 Å². The van der Waals surface area contributed by atoms with Crippen LogP contribution in [0.25, 0.3) is 0 Å². The Morgan fingerprint density at radius 1 is 0.889 bits per heavy atom. The van der Waals surface area contributed by atoms with Crippen LogP contribution in [0.2, 0.25) is 0 Å². The van der Waals surface area contributed by atoms with Gasteiger partial charge < -0.3 is 24.8 Å². The van der Waals surface area contributed by atoms with E-state index in [4.69, 9.17) is 4.74 Å². The number of anilines is 4. The van der Waals surface area contributed by atoms with Gasteiger partial charge in [0.1, 0.15) is 17.5 Å². The van der Waals surface area contributed by atoms with Crippen LogP contribution >= 0.6 is 0 Å². The van der Waals surface area contributed by atoms with Gasteiger partial charge in [0, 0.05) is 56.7 Å². The lowest BCUT2D eigenvalue weighted by Crippen LogP contribution is -2.44. The number of nitrogens with zero attached hydrogens (tertiary/aromatic N) is 5. The molecule has 2 aromatic rings. The number of benzene rings is 1. The van der Waals surface area contributed by atoms with E-state index in [1.807, 2.05) is 13.0 Å². The molecule has 1 aromatic heterocycles. The summed E-state index contributed by atoms with van der Waals surface area (Å²) in [5.74, 6) is 2.56. The summed E-state index contributed by atoms with van der Waals surface area (Å²) in [5.41, 5.74) is 2.32. The van der Waals surface area contributed by atoms with E-state index in [0.29, 0.717) is 0 Å². The fourth-order valence-electron chi connectivity index (χ4n) is 3.54. The van der Waals surface area contributed by atoms with Gasteiger partial charge in [-0.05, 0) is 38.2 Å². The molecule has 144 valence electrons. The summed E-state index contributed by atoms with van der Waals surface area (Å²) in [7, 11) is 2.18. The summed E-state index contributed by atoms with van der Waals surface area (Å²) in [6, 6.07) is 10.6. The number of aromatic nitrogens is 2. The van der Waals surface area contributed by atoms with E-state index in [0.717, 1.165) is 75.6 Å². The lowest BCUT2D eigenvalue weighted by Gasteiger charge is -2.34. The maximum Gasteiger partial charge on any atom is 0.136 e. The molecule has 27 heavy (non-hydrogen) atoms. The molecule has 2 fully saturated rings. The van der Waals surface area contributed by atoms with Gasteiger partial charge in [-0.15, -0.1) is 0 Å². The number of aryl methyl sites for hydroxylation is 1. The summed E-state index contributed by atoms with van der Waals surface area (Å²) < 4.78 is 5.44. The monoisotopic (exact) mass is 368 g/mol. The second kappa shape index (κ2) is 8.10. The molecule has 1 N–H and O–H groups in total. The van der Waals surface area contributed by atoms with E-state index in [1.54, 1.807) is 0 Å². The number of piperazine rings is 1. The molecule has 1 aromatic carbocycles. The van der Waals surface area contributed by atoms with Gasteiger partial charge in [0.15, 0.2) is 0 Å². The highest BCUT2D eigenvalue weighted by Gasteiger charge is 2.15. The summed E-state index contributed by atoms with van der Waals surface area (Å²) in [6.45, 7) is 9.57. The Hall–Kier alpha value is -2.38. The first kappa shape index (κ1) is 18.0. The minimum Gasteiger partial charge on any atom is -0.378 e. The third kappa shape index (κ3) is 4.48. The standard InChI is InChI=1S/C20H28N6O/c1-16-21-19(15-20(22-16)26-11-13-27-14-12-26)23-17-3-5-18(6-4-17)25-9-7-24(2)8-10-25/h3-6,15H,7-14H2,1-2H3,(H,21,22,23). The zero-order valence-electron chi connectivity index (χ0n) is 16.2. The Morgan fingerprint density at radius 2 is 1.59 bits per heavy atom. The van der Waals surface area contributed by atoms with Gasteiger partial charge in [0.2, 0.25) is 0 Å². The van der Waals surface area contributed by atoms with Crippen molar-refractivity contribution in [1.29, 1.82) is 0 Å². The Balaban J connectivity index is 1.45. The molecule has 0 spiro atoms. The summed E-state index contributed by atoms with van der Waals surface area (Å²) in [6.07, 6.45) is 0. The van der Waals surface area contributed by atoms with Crippen molar-refractivity contribution in [3.8, 4) is 0 Å². The number of hydrogen-bond donors (Lipinski definition) is 1. The molecule has 0 radical (unpaired) electrons. The van der Waals surface area contributed by atoms with Crippen LogP contribution in [0, 0.1) is 6.92 Å². The van der Waals surface area contributed by atoms with Gasteiger partial charge in [-0.1, -0.05) is 0 Å². The van der Waals surface area contributed by atoms with Crippen molar-refractivity contribution >= 4 is 23.0 Å². The van der Waals surface area contributed by atoms with Crippen molar-refractivity contribution in [2.45, 2.75) is 6.92 Å². The number of ether oxygens (including phenoxy) is 1. The number of rotatable bonds is 4. The van der Waals surface area contributed by atoms with Crippen molar-refractivity contribution in [1.82, 2.24) is 14.9 Å². The predicted octanol–water partition coefficient (Wildman–Crippen LogP) is 2.12. The first-order valence-corrected chi connectivity index (χ1v) is 9.66. The van der Waals surface area contributed by atoms with E-state index in [9.17, 15) is 0 Å². The highest BCUT2D eigenvalue weighted by Crippen LogP contribution is 2.23. The van der Waals surface area contributed by atoms with E-state index >= 15 is 0 Å². The fourth-order valence-corrected chi connectivity index (χ4v) is 3.54. The first-order chi connectivity index (χ1) is 13.2. The minimum atomic E-state index is 0.750. The van der Waals surface area contributed by atoms with Gasteiger partial charge in [0.05, 0.1) is 13.2 Å². The van der Waals surface area contributed by atoms with Crippen molar-refractivity contribution in [3.05, 3.63) is 36.2 Å². The molecule has 0 bridgehead atoms. The maximum atomic E-state index is 5.44. The normalized spacial score (nSPS) is 18.6. The van der Waals surface area contributed by atoms with E-state index in [2.05, 4.69) is 61.3 Å². The Morgan fingerprint density at radius 3 is 2.30 bits per heavy atom. The molecule has 2 aliphatic heterocycles. The van der Waals surface area contributed by atoms with E-state index < -0.39 is 0 Å². The molecule has 4 rings (SSSR count). The van der Waals surface area contributed by atoms with Crippen LogP contribution < -0.4 is 15.1 Å². The lowest BCUT2D eigenvalue weighted by atomic mass is 10.2. The van der Waals surface area contributed by atoms with Crippen LogP contribution in [0.4, 0.5) is 23.0 Å². The third-order valence-electron chi connectivity index (χ3n) is 5.17. The van der Waals surface area contributed by atoms with Gasteiger partial charge in [-0.2, -0.15) is 0 Å². The molecule has 2 aliphatic rings. The van der Waals surface area contributed by atoms with E-state index in [-0.39, 0.29) is 0 Å². The largest absolute Gasteiger partial charge is 0.378 e. The smallest absolute Gasteiger partial charge is 0.136 e. The number of morpholine rings is 1. The van der Waals surface area contributed by atoms with Crippen molar-refractivity contribution in [2.75, 3.05) is 74.6 Å². The molecule has 3 heterocycles. The molecule has 7 heteroatoms. The van der Waals surface area contributed by atoms with Gasteiger partial charge >= 0.3 is 0 Å². The average molecular weight is 368 g/mol. The Kier molecular flexibility index (Phi) is 5.40. The summed E-state index contributed by atoms with van der Waals surface area (Å²) in [5, 5.41) is 3.43. The van der Waals surface area contributed by atoms with Crippen LogP contribution in [0.5, 0.6) is 0 Å². The number of hydrogen-bond acceptors (Lipinski definition) is 7. The minimum absolute atomic E-state index is 0.750. The fraction of sp³-hybridized carbons (Fsp3) is 0.500. The molecule has 0 atom stereocenters. The van der Waals surface area contributed by atoms with Crippen molar-refractivity contribution in [2.24, 2.45) is 0 Å². The molecule has 2 saturated heterocycles. The predicted molar refractivity (Wildman–Crippen MR) is 109 cm³/mol. The third-order valence-corrected chi connectivity index (χ3v) is 5.17. The second-order valence-electron chi connectivity index (χ2n) is 7.22. The number of nitrogens with one attached hydrogen (secondary N) is 1. The summed E-state index contributed by atoms with van der Waals surface area (Å²) in [4.78, 5) is 16.2. The molecular weight excluding hydrogens is 340 g/mol. The topological polar surface area (TPSA) is 56.8 Å². The van der Waals surface area contributed by atoms with Crippen molar-refractivity contribution < 1.29 is 4.74 Å². The highest BCUT2D eigenvalue weighted by molar-refractivity contribution is 5.63. The van der Waals surface area contributed by atoms with Crippen LogP contribution in [0.1, 0.15) is 5.82 Å². The van der Waals surface area contributed by atoms with Gasteiger partial charge in [-0.25, -0.2) is 9.97 Å². The quantitative estimate of drug-likeness (QED) is 0.887. The van der Waals surface area contributed by atoms with Crippen molar-refractivity contribution in [3.63, 3.8) is 0 Å². The maximum absolute atomic E-state index is 5.44. The number of likely N-dealkylation sites (N-methyl/N-ethyl adjacent to an activating group) is 1. The zero-order chi connectivity index (χ0) is 18.6. The molecule has 0 saturated carbocycles. The van der Waals surface area contributed by atoms with Gasteiger partial charge in [-0.3, -0.25) is 0 Å². The van der Waals surface area contributed by atoms with E-state index in [1.165, 1.54) is 5.69 Å². The second-order valence-corrected chi connectivity index (χ2v) is 7.22. The van der Waals surface area contributed by atoms with Gasteiger partial charge in [0.25, 0.3) is 0 Å². The van der Waals surface area contributed by atoms with Crippen LogP contribution in [0.15, 0.2) is 30.3 Å². The molecule has 0 amide bonds. The Labute approximate surface area is 161 Å².